The number of rotatable bonds is 7. The van der Waals surface area contributed by atoms with Gasteiger partial charge in [-0.25, -0.2) is 18.4 Å². The number of aryl methyl sites for hydroxylation is 1. The smallest absolute Gasteiger partial charge is 0.406 e. The molecule has 1 fully saturated rings. The van der Waals surface area contributed by atoms with Gasteiger partial charge in [-0.3, -0.25) is 4.72 Å². The minimum absolute atomic E-state index is 0.199. The number of hydrogen-bond donors (Lipinski definition) is 2. The Balaban J connectivity index is 1.43. The number of aromatic nitrogens is 2. The summed E-state index contributed by atoms with van der Waals surface area (Å²) in [7, 11) is -4.00. The van der Waals surface area contributed by atoms with Crippen molar-refractivity contribution in [3.63, 3.8) is 0 Å². The number of nitrogens with zero attached hydrogens (tertiary/aromatic N) is 3. The maximum atomic E-state index is 12.6. The third-order valence-corrected chi connectivity index (χ3v) is 6.43. The quantitative estimate of drug-likeness (QED) is 0.487. The van der Waals surface area contributed by atoms with E-state index in [4.69, 9.17) is 0 Å². The lowest BCUT2D eigenvalue weighted by molar-refractivity contribution is -0.274. The van der Waals surface area contributed by atoms with E-state index < -0.39 is 22.1 Å². The van der Waals surface area contributed by atoms with Crippen LogP contribution in [0.5, 0.6) is 5.75 Å². The van der Waals surface area contributed by atoms with Gasteiger partial charge in [0.25, 0.3) is 10.0 Å². The highest BCUT2D eigenvalue weighted by Crippen LogP contribution is 2.26. The van der Waals surface area contributed by atoms with E-state index in [2.05, 4.69) is 29.6 Å². The van der Waals surface area contributed by atoms with Crippen LogP contribution < -0.4 is 19.7 Å². The van der Waals surface area contributed by atoms with Crippen LogP contribution >= 0.6 is 0 Å². The summed E-state index contributed by atoms with van der Waals surface area (Å²) in [6.07, 6.45) is -2.59. The van der Waals surface area contributed by atoms with Crippen molar-refractivity contribution >= 4 is 33.0 Å². The van der Waals surface area contributed by atoms with E-state index in [-0.39, 0.29) is 10.6 Å². The van der Waals surface area contributed by atoms with E-state index in [1.54, 1.807) is 24.3 Å². The van der Waals surface area contributed by atoms with Crippen LogP contribution in [0, 0.1) is 6.92 Å². The van der Waals surface area contributed by atoms with E-state index >= 15 is 0 Å². The summed E-state index contributed by atoms with van der Waals surface area (Å²) in [5.74, 6) is 1.63. The second-order valence-electron chi connectivity index (χ2n) is 7.68. The zero-order valence-corrected chi connectivity index (χ0v) is 18.9. The van der Waals surface area contributed by atoms with Gasteiger partial charge in [0.05, 0.1) is 4.90 Å². The number of ether oxygens (including phenoxy) is 1. The summed E-state index contributed by atoms with van der Waals surface area (Å²) in [6.45, 7) is 3.75. The van der Waals surface area contributed by atoms with E-state index in [0.717, 1.165) is 56.0 Å². The molecule has 12 heteroatoms. The van der Waals surface area contributed by atoms with Crippen LogP contribution in [0.4, 0.5) is 36.2 Å². The van der Waals surface area contributed by atoms with Gasteiger partial charge in [0.2, 0.25) is 0 Å². The molecule has 0 unspecified atom stereocenters. The molecular weight excluding hydrogens is 471 g/mol. The van der Waals surface area contributed by atoms with Gasteiger partial charge < -0.3 is 15.0 Å². The molecule has 3 aromatic rings. The van der Waals surface area contributed by atoms with E-state index in [1.165, 1.54) is 0 Å². The fourth-order valence-corrected chi connectivity index (χ4v) is 4.59. The zero-order valence-electron chi connectivity index (χ0n) is 18.1. The summed E-state index contributed by atoms with van der Waals surface area (Å²) in [6, 6.07) is 12.3. The second kappa shape index (κ2) is 9.37. The molecule has 0 bridgehead atoms. The van der Waals surface area contributed by atoms with Gasteiger partial charge in [0.1, 0.15) is 23.2 Å². The van der Waals surface area contributed by atoms with Crippen molar-refractivity contribution in [2.24, 2.45) is 0 Å². The SMILES string of the molecule is Cc1nc(Nc2ccc(NS(=O)(=O)c3ccc(OC(F)(F)F)cc3)cc2)cc(N2CCCC2)n1. The van der Waals surface area contributed by atoms with Gasteiger partial charge in [-0.2, -0.15) is 0 Å². The second-order valence-corrected chi connectivity index (χ2v) is 9.36. The number of nitrogens with one attached hydrogen (secondary N) is 2. The lowest BCUT2D eigenvalue weighted by Crippen LogP contribution is -2.19. The van der Waals surface area contributed by atoms with Crippen LogP contribution in [-0.4, -0.2) is 37.8 Å². The molecule has 8 nitrogen and oxygen atoms in total. The topological polar surface area (TPSA) is 96.5 Å². The van der Waals surface area contributed by atoms with Crippen molar-refractivity contribution in [3.8, 4) is 5.75 Å². The molecule has 1 aromatic heterocycles. The normalized spacial score (nSPS) is 14.2. The molecule has 2 heterocycles. The standard InChI is InChI=1S/C22H22F3N5O3S/c1-15-26-20(14-21(27-15)30-12-2-3-13-30)28-16-4-6-17(7-5-16)29-34(31,32)19-10-8-18(9-11-19)33-22(23,24)25/h4-11,14,29H,2-3,12-13H2,1H3,(H,26,27,28). The largest absolute Gasteiger partial charge is 0.573 e. The van der Waals surface area contributed by atoms with Gasteiger partial charge in [-0.05, 0) is 68.3 Å². The lowest BCUT2D eigenvalue weighted by atomic mass is 10.3. The Morgan fingerprint density at radius 1 is 0.941 bits per heavy atom. The first-order valence-electron chi connectivity index (χ1n) is 10.4. The maximum Gasteiger partial charge on any atom is 0.573 e. The molecule has 0 amide bonds. The molecule has 0 aliphatic carbocycles. The third-order valence-electron chi connectivity index (χ3n) is 5.03. The van der Waals surface area contributed by atoms with Crippen molar-refractivity contribution < 1.29 is 26.3 Å². The van der Waals surface area contributed by atoms with Gasteiger partial charge >= 0.3 is 6.36 Å². The summed E-state index contributed by atoms with van der Waals surface area (Å²) in [4.78, 5) is 10.9. The molecule has 1 aliphatic heterocycles. The van der Waals surface area contributed by atoms with Crippen LogP contribution in [0.15, 0.2) is 59.5 Å². The fraction of sp³-hybridized carbons (Fsp3) is 0.273. The fourth-order valence-electron chi connectivity index (χ4n) is 3.53. The molecule has 0 atom stereocenters. The van der Waals surface area contributed by atoms with Crippen LogP contribution in [-0.2, 0) is 10.0 Å². The predicted octanol–water partition coefficient (Wildman–Crippen LogP) is 4.83. The molecule has 0 saturated carbocycles. The van der Waals surface area contributed by atoms with Crippen LogP contribution in [0.3, 0.4) is 0 Å². The summed E-state index contributed by atoms with van der Waals surface area (Å²) in [5.41, 5.74) is 0.986. The molecule has 1 saturated heterocycles. The lowest BCUT2D eigenvalue weighted by Gasteiger charge is -2.18. The number of anilines is 4. The van der Waals surface area contributed by atoms with Crippen molar-refractivity contribution in [1.82, 2.24) is 9.97 Å². The Labute approximate surface area is 194 Å². The van der Waals surface area contributed by atoms with Gasteiger partial charge in [0, 0.05) is 30.5 Å². The first kappa shape index (κ1) is 23.6. The number of hydrogen-bond acceptors (Lipinski definition) is 7. The molecule has 180 valence electrons. The molecular formula is C22H22F3N5O3S. The van der Waals surface area contributed by atoms with Crippen molar-refractivity contribution in [3.05, 3.63) is 60.4 Å². The van der Waals surface area contributed by atoms with Gasteiger partial charge in [-0.15, -0.1) is 13.2 Å². The Morgan fingerprint density at radius 3 is 2.18 bits per heavy atom. The summed E-state index contributed by atoms with van der Waals surface area (Å²) < 4.78 is 68.1. The number of benzene rings is 2. The highest BCUT2D eigenvalue weighted by molar-refractivity contribution is 7.92. The van der Waals surface area contributed by atoms with Crippen LogP contribution in [0.2, 0.25) is 0 Å². The van der Waals surface area contributed by atoms with E-state index in [1.807, 2.05) is 13.0 Å². The first-order chi connectivity index (χ1) is 16.1. The highest BCUT2D eigenvalue weighted by Gasteiger charge is 2.31. The summed E-state index contributed by atoms with van der Waals surface area (Å²) in [5, 5.41) is 3.19. The Morgan fingerprint density at radius 2 is 1.56 bits per heavy atom. The number of sulfonamides is 1. The van der Waals surface area contributed by atoms with Gasteiger partial charge in [-0.1, -0.05) is 0 Å². The molecule has 4 rings (SSSR count). The Bertz CT molecular complexity index is 1240. The van der Waals surface area contributed by atoms with Crippen molar-refractivity contribution in [2.45, 2.75) is 31.0 Å². The predicted molar refractivity (Wildman–Crippen MR) is 122 cm³/mol. The molecule has 1 aliphatic rings. The maximum absolute atomic E-state index is 12.6. The Hall–Kier alpha value is -3.54. The van der Waals surface area contributed by atoms with E-state index in [0.29, 0.717) is 17.3 Å². The minimum atomic E-state index is -4.85. The number of alkyl halides is 3. The molecule has 2 N–H and O–H groups in total. The first-order valence-corrected chi connectivity index (χ1v) is 11.9. The Kier molecular flexibility index (Phi) is 6.51. The van der Waals surface area contributed by atoms with Gasteiger partial charge in [0.15, 0.2) is 0 Å². The molecule has 2 aromatic carbocycles. The van der Waals surface area contributed by atoms with Crippen LogP contribution in [0.25, 0.3) is 0 Å². The average Bonchev–Trinajstić information content (AvgIpc) is 3.29. The average molecular weight is 494 g/mol. The molecule has 0 spiro atoms. The number of halogens is 3. The van der Waals surface area contributed by atoms with E-state index in [9.17, 15) is 21.6 Å². The van der Waals surface area contributed by atoms with Crippen LogP contribution in [0.1, 0.15) is 18.7 Å². The third kappa shape index (κ3) is 6.07. The van der Waals surface area contributed by atoms with Crippen molar-refractivity contribution in [2.75, 3.05) is 28.0 Å². The highest BCUT2D eigenvalue weighted by atomic mass is 32.2. The molecule has 0 radical (unpaired) electrons. The van der Waals surface area contributed by atoms with Crippen molar-refractivity contribution in [1.29, 1.82) is 0 Å². The summed E-state index contributed by atoms with van der Waals surface area (Å²) >= 11 is 0. The molecule has 34 heavy (non-hydrogen) atoms. The monoisotopic (exact) mass is 493 g/mol. The minimum Gasteiger partial charge on any atom is -0.406 e. The zero-order chi connectivity index (χ0) is 24.3.